The number of aryl methyl sites for hydroxylation is 1. The molecule has 0 aliphatic carbocycles. The minimum atomic E-state index is -0.979. The van der Waals surface area contributed by atoms with Gasteiger partial charge >= 0.3 is 0 Å². The maximum atomic E-state index is 11.7. The maximum Gasteiger partial charge on any atom is 0.271 e. The fraction of sp³-hybridized carbons (Fsp3) is 0.409. The molecule has 0 saturated carbocycles. The van der Waals surface area contributed by atoms with Crippen molar-refractivity contribution in [2.45, 2.75) is 38.3 Å². The second kappa shape index (κ2) is 8.03. The van der Waals surface area contributed by atoms with Crippen LogP contribution in [0, 0.1) is 6.92 Å². The Morgan fingerprint density at radius 3 is 2.37 bits per heavy atom. The highest BCUT2D eigenvalue weighted by molar-refractivity contribution is 5.96. The molecule has 0 spiro atoms. The average Bonchev–Trinajstić information content (AvgIpc) is 2.82. The zero-order valence-electron chi connectivity index (χ0n) is 16.0. The molecule has 1 unspecified atom stereocenters. The van der Waals surface area contributed by atoms with E-state index in [-0.39, 0.29) is 17.0 Å². The van der Waals surface area contributed by atoms with Crippen LogP contribution in [0.4, 0.5) is 5.69 Å². The lowest BCUT2D eigenvalue weighted by Gasteiger charge is -2.23. The van der Waals surface area contributed by atoms with E-state index in [1.165, 1.54) is 24.2 Å². The summed E-state index contributed by atoms with van der Waals surface area (Å²) in [5.74, 6) is 2.08. The number of benzene rings is 2. The van der Waals surface area contributed by atoms with Crippen LogP contribution in [0.2, 0.25) is 0 Å². The fourth-order valence-electron chi connectivity index (χ4n) is 4.14. The molecule has 0 fully saturated rings. The molecule has 5 heteroatoms. The van der Waals surface area contributed by atoms with Gasteiger partial charge in [0.25, 0.3) is 11.6 Å². The summed E-state index contributed by atoms with van der Waals surface area (Å²) < 4.78 is 7.53. The normalized spacial score (nSPS) is 22.1. The van der Waals surface area contributed by atoms with E-state index in [4.69, 9.17) is 4.74 Å². The predicted octanol–water partition coefficient (Wildman–Crippen LogP) is 0.658. The van der Waals surface area contributed by atoms with Gasteiger partial charge in [-0.3, -0.25) is 0 Å². The van der Waals surface area contributed by atoms with Gasteiger partial charge in [-0.1, -0.05) is 29.8 Å². The number of halogens is 1. The highest BCUT2D eigenvalue weighted by Gasteiger charge is 2.51. The summed E-state index contributed by atoms with van der Waals surface area (Å²) in [6.07, 6.45) is 4.50. The molecule has 144 valence electrons. The molecule has 27 heavy (non-hydrogen) atoms. The van der Waals surface area contributed by atoms with E-state index in [1.807, 2.05) is 12.1 Å². The van der Waals surface area contributed by atoms with Crippen molar-refractivity contribution in [3.8, 4) is 5.75 Å². The van der Waals surface area contributed by atoms with Gasteiger partial charge in [0.05, 0.1) is 13.7 Å². The number of hydrogen-bond acceptors (Lipinski definition) is 3. The van der Waals surface area contributed by atoms with Crippen molar-refractivity contribution >= 4 is 11.5 Å². The van der Waals surface area contributed by atoms with Gasteiger partial charge in [-0.25, -0.2) is 9.48 Å². The molecular weight excluding hydrogens is 404 g/mol. The van der Waals surface area contributed by atoms with Crippen LogP contribution >= 0.6 is 0 Å². The second-order valence-electron chi connectivity index (χ2n) is 7.35. The highest BCUT2D eigenvalue weighted by atomic mass is 79.9. The number of rotatable bonds is 3. The van der Waals surface area contributed by atoms with Gasteiger partial charge in [-0.2, -0.15) is 0 Å². The number of β-amino-alcohol motifs (C(OH)–C–C–N with tert-alkyl or cyclic N) is 1. The fourth-order valence-corrected chi connectivity index (χ4v) is 4.14. The largest absolute Gasteiger partial charge is 1.00 e. The number of anilines is 1. The van der Waals surface area contributed by atoms with E-state index in [0.717, 1.165) is 36.4 Å². The van der Waals surface area contributed by atoms with E-state index in [0.29, 0.717) is 6.54 Å². The molecule has 0 saturated heterocycles. The summed E-state index contributed by atoms with van der Waals surface area (Å²) in [7, 11) is 1.68. The Hall–Kier alpha value is -1.85. The molecule has 2 heterocycles. The first kappa shape index (κ1) is 19.9. The first-order valence-corrected chi connectivity index (χ1v) is 9.46. The quantitative estimate of drug-likeness (QED) is 0.726. The zero-order chi connectivity index (χ0) is 18.1. The summed E-state index contributed by atoms with van der Waals surface area (Å²) >= 11 is 0. The molecule has 0 aromatic heterocycles. The number of hydrogen-bond donors (Lipinski definition) is 1. The SMILES string of the molecule is COc1ccc(N2CC(O)(c3ccc(C)cc3)[N+]3=C2CCCCC3)cc1.[Br-]. The van der Waals surface area contributed by atoms with E-state index < -0.39 is 5.72 Å². The third-order valence-electron chi connectivity index (χ3n) is 5.63. The second-order valence-corrected chi connectivity index (χ2v) is 7.35. The Labute approximate surface area is 171 Å². The molecule has 2 aromatic carbocycles. The summed E-state index contributed by atoms with van der Waals surface area (Å²) in [6, 6.07) is 16.4. The lowest BCUT2D eigenvalue weighted by Crippen LogP contribution is -3.00. The van der Waals surface area contributed by atoms with Gasteiger partial charge in [0.1, 0.15) is 11.4 Å². The van der Waals surface area contributed by atoms with E-state index >= 15 is 0 Å². The van der Waals surface area contributed by atoms with Gasteiger partial charge < -0.3 is 26.8 Å². The van der Waals surface area contributed by atoms with Crippen LogP contribution in [0.15, 0.2) is 48.5 Å². The molecule has 4 nitrogen and oxygen atoms in total. The third-order valence-corrected chi connectivity index (χ3v) is 5.63. The minimum absolute atomic E-state index is 0. The molecule has 1 atom stereocenters. The van der Waals surface area contributed by atoms with Gasteiger partial charge in [0, 0.05) is 12.0 Å². The Bertz CT molecular complexity index is 817. The smallest absolute Gasteiger partial charge is 0.271 e. The molecule has 2 aromatic rings. The topological polar surface area (TPSA) is 35.7 Å². The molecular formula is C22H27BrN2O2. The maximum absolute atomic E-state index is 11.7. The zero-order valence-corrected chi connectivity index (χ0v) is 17.6. The molecule has 2 aliphatic rings. The van der Waals surface area contributed by atoms with Gasteiger partial charge in [-0.05, 0) is 50.5 Å². The average molecular weight is 431 g/mol. The van der Waals surface area contributed by atoms with E-state index in [1.54, 1.807) is 7.11 Å². The van der Waals surface area contributed by atoms with Crippen LogP contribution < -0.4 is 26.6 Å². The number of aliphatic hydroxyl groups is 1. The lowest BCUT2D eigenvalue weighted by atomic mass is 10.0. The number of ether oxygens (including phenoxy) is 1. The number of methoxy groups -OCH3 is 1. The van der Waals surface area contributed by atoms with Gasteiger partial charge in [0.15, 0.2) is 6.54 Å². The third kappa shape index (κ3) is 3.63. The van der Waals surface area contributed by atoms with Crippen LogP contribution in [0.3, 0.4) is 0 Å². The standard InChI is InChI=1S/C22H27N2O2.BrH/c1-17-7-9-18(10-8-17)22(25)16-23(19-11-13-20(26-2)14-12-19)21-6-4-3-5-15-24(21)22;/h7-14,25H,3-6,15-16H2,1-2H3;1H/q+1;/p-1. The summed E-state index contributed by atoms with van der Waals surface area (Å²) in [6.45, 7) is 3.53. The van der Waals surface area contributed by atoms with E-state index in [9.17, 15) is 5.11 Å². The highest BCUT2D eigenvalue weighted by Crippen LogP contribution is 2.35. The molecule has 0 radical (unpaired) electrons. The van der Waals surface area contributed by atoms with Crippen LogP contribution in [0.5, 0.6) is 5.75 Å². The Morgan fingerprint density at radius 1 is 1.00 bits per heavy atom. The van der Waals surface area contributed by atoms with E-state index in [2.05, 4.69) is 52.8 Å². The summed E-state index contributed by atoms with van der Waals surface area (Å²) in [5.41, 5.74) is 2.31. The molecule has 0 amide bonds. The predicted molar refractivity (Wildman–Crippen MR) is 104 cm³/mol. The number of amidine groups is 1. The molecule has 4 rings (SSSR count). The summed E-state index contributed by atoms with van der Waals surface area (Å²) in [4.78, 5) is 2.28. The first-order chi connectivity index (χ1) is 12.6. The van der Waals surface area contributed by atoms with Gasteiger partial charge in [0.2, 0.25) is 0 Å². The molecule has 1 N–H and O–H groups in total. The van der Waals surface area contributed by atoms with Crippen molar-refractivity contribution in [1.29, 1.82) is 0 Å². The van der Waals surface area contributed by atoms with Crippen LogP contribution in [0.25, 0.3) is 0 Å². The van der Waals surface area contributed by atoms with Crippen LogP contribution in [0.1, 0.15) is 36.8 Å². The minimum Gasteiger partial charge on any atom is -1.00 e. The van der Waals surface area contributed by atoms with Gasteiger partial charge in [-0.15, -0.1) is 0 Å². The lowest BCUT2D eigenvalue weighted by molar-refractivity contribution is -0.658. The van der Waals surface area contributed by atoms with Crippen molar-refractivity contribution in [3.05, 3.63) is 59.7 Å². The number of nitrogens with zero attached hydrogens (tertiary/aromatic N) is 2. The molecule has 2 aliphatic heterocycles. The first-order valence-electron chi connectivity index (χ1n) is 9.46. The van der Waals surface area contributed by atoms with Crippen molar-refractivity contribution < 1.29 is 31.4 Å². The van der Waals surface area contributed by atoms with Crippen LogP contribution in [-0.2, 0) is 5.72 Å². The van der Waals surface area contributed by atoms with Crippen molar-refractivity contribution in [2.24, 2.45) is 0 Å². The Kier molecular flexibility index (Phi) is 5.92. The van der Waals surface area contributed by atoms with Crippen molar-refractivity contribution in [3.63, 3.8) is 0 Å². The Balaban J connectivity index is 0.00000210. The molecule has 0 bridgehead atoms. The monoisotopic (exact) mass is 430 g/mol. The van der Waals surface area contributed by atoms with Crippen molar-refractivity contribution in [2.75, 3.05) is 25.1 Å². The Morgan fingerprint density at radius 2 is 1.70 bits per heavy atom. The summed E-state index contributed by atoms with van der Waals surface area (Å²) in [5, 5.41) is 11.7. The van der Waals surface area contributed by atoms with Crippen molar-refractivity contribution in [1.82, 2.24) is 0 Å². The van der Waals surface area contributed by atoms with Crippen LogP contribution in [-0.4, -0.2) is 35.7 Å².